The van der Waals surface area contributed by atoms with Crippen molar-refractivity contribution >= 4 is 16.8 Å². The van der Waals surface area contributed by atoms with Crippen LogP contribution in [-0.2, 0) is 24.2 Å². The number of carbonyl (C=O) groups excluding carboxylic acids is 1. The summed E-state index contributed by atoms with van der Waals surface area (Å²) in [6.45, 7) is 1.49. The summed E-state index contributed by atoms with van der Waals surface area (Å²) >= 11 is 0. The molecule has 0 bridgehead atoms. The van der Waals surface area contributed by atoms with Crippen molar-refractivity contribution in [3.05, 3.63) is 65.4 Å². The number of aromatic amines is 1. The van der Waals surface area contributed by atoms with Crippen LogP contribution in [0.2, 0.25) is 0 Å². The zero-order valence-corrected chi connectivity index (χ0v) is 14.4. The van der Waals surface area contributed by atoms with Crippen molar-refractivity contribution in [2.45, 2.75) is 25.8 Å². The summed E-state index contributed by atoms with van der Waals surface area (Å²) in [6, 6.07) is 14.4. The van der Waals surface area contributed by atoms with Gasteiger partial charge in [0, 0.05) is 36.6 Å². The molecule has 0 saturated carbocycles. The molecule has 4 heteroatoms. The van der Waals surface area contributed by atoms with Gasteiger partial charge in [0.05, 0.1) is 7.11 Å². The maximum atomic E-state index is 12.7. The van der Waals surface area contributed by atoms with Gasteiger partial charge in [0.15, 0.2) is 0 Å². The van der Waals surface area contributed by atoms with Gasteiger partial charge in [0.25, 0.3) is 0 Å². The summed E-state index contributed by atoms with van der Waals surface area (Å²) in [7, 11) is 1.69. The molecule has 0 aliphatic carbocycles. The first-order valence-electron chi connectivity index (χ1n) is 8.73. The number of benzene rings is 2. The number of aromatic nitrogens is 1. The zero-order valence-electron chi connectivity index (χ0n) is 14.4. The van der Waals surface area contributed by atoms with Gasteiger partial charge < -0.3 is 14.6 Å². The van der Waals surface area contributed by atoms with Crippen molar-refractivity contribution in [1.82, 2.24) is 9.88 Å². The molecule has 1 aliphatic heterocycles. The number of fused-ring (bicyclic) bond motifs is 2. The number of hydrogen-bond acceptors (Lipinski definition) is 2. The van der Waals surface area contributed by atoms with Crippen LogP contribution in [0.5, 0.6) is 5.75 Å². The first-order chi connectivity index (χ1) is 12.2. The van der Waals surface area contributed by atoms with Gasteiger partial charge in [-0.25, -0.2) is 0 Å². The molecule has 0 spiro atoms. The molecule has 0 radical (unpaired) electrons. The second kappa shape index (κ2) is 6.63. The normalized spacial score (nSPS) is 13.7. The second-order valence-corrected chi connectivity index (χ2v) is 6.56. The number of rotatable bonds is 4. The highest BCUT2D eigenvalue weighted by Crippen LogP contribution is 2.25. The van der Waals surface area contributed by atoms with Crippen molar-refractivity contribution in [3.63, 3.8) is 0 Å². The van der Waals surface area contributed by atoms with Gasteiger partial charge in [-0.1, -0.05) is 24.3 Å². The maximum Gasteiger partial charge on any atom is 0.223 e. The van der Waals surface area contributed by atoms with E-state index >= 15 is 0 Å². The highest BCUT2D eigenvalue weighted by molar-refractivity contribution is 5.84. The van der Waals surface area contributed by atoms with Crippen molar-refractivity contribution in [2.24, 2.45) is 0 Å². The van der Waals surface area contributed by atoms with Gasteiger partial charge in [0.2, 0.25) is 5.91 Å². The number of nitrogens with zero attached hydrogens (tertiary/aromatic N) is 1. The van der Waals surface area contributed by atoms with Crippen LogP contribution in [-0.4, -0.2) is 29.4 Å². The SMILES string of the molecule is COc1ccc2c(c1)CCN(C(=O)CCc1c[nH]c3ccccc13)C2. The number of hydrogen-bond donors (Lipinski definition) is 1. The molecule has 0 saturated heterocycles. The quantitative estimate of drug-likeness (QED) is 0.791. The third kappa shape index (κ3) is 3.12. The van der Waals surface area contributed by atoms with Crippen LogP contribution < -0.4 is 4.74 Å². The second-order valence-electron chi connectivity index (χ2n) is 6.56. The number of aryl methyl sites for hydroxylation is 1. The first-order valence-corrected chi connectivity index (χ1v) is 8.73. The van der Waals surface area contributed by atoms with Gasteiger partial charge in [-0.05, 0) is 47.7 Å². The summed E-state index contributed by atoms with van der Waals surface area (Å²) in [4.78, 5) is 17.9. The van der Waals surface area contributed by atoms with Crippen molar-refractivity contribution in [3.8, 4) is 5.75 Å². The van der Waals surface area contributed by atoms with Crippen LogP contribution >= 0.6 is 0 Å². The van der Waals surface area contributed by atoms with E-state index in [1.807, 2.05) is 29.3 Å². The largest absolute Gasteiger partial charge is 0.497 e. The topological polar surface area (TPSA) is 45.3 Å². The van der Waals surface area contributed by atoms with Gasteiger partial charge in [-0.15, -0.1) is 0 Å². The molecular weight excluding hydrogens is 312 g/mol. The summed E-state index contributed by atoms with van der Waals surface area (Å²) < 4.78 is 5.29. The summed E-state index contributed by atoms with van der Waals surface area (Å²) in [5.41, 5.74) is 4.87. The Balaban J connectivity index is 1.41. The number of para-hydroxylation sites is 1. The minimum absolute atomic E-state index is 0.228. The minimum Gasteiger partial charge on any atom is -0.497 e. The van der Waals surface area contributed by atoms with Gasteiger partial charge in [-0.3, -0.25) is 4.79 Å². The Morgan fingerprint density at radius 2 is 2.08 bits per heavy atom. The van der Waals surface area contributed by atoms with E-state index in [0.717, 1.165) is 30.7 Å². The van der Waals surface area contributed by atoms with Gasteiger partial charge in [0.1, 0.15) is 5.75 Å². The Hall–Kier alpha value is -2.75. The van der Waals surface area contributed by atoms with Crippen LogP contribution in [0.25, 0.3) is 10.9 Å². The van der Waals surface area contributed by atoms with Crippen LogP contribution in [0, 0.1) is 0 Å². The Bertz CT molecular complexity index is 913. The molecule has 0 atom stereocenters. The number of nitrogens with one attached hydrogen (secondary N) is 1. The lowest BCUT2D eigenvalue weighted by atomic mass is 9.99. The third-order valence-electron chi connectivity index (χ3n) is 5.06. The fraction of sp³-hybridized carbons (Fsp3) is 0.286. The summed E-state index contributed by atoms with van der Waals surface area (Å²) in [6.07, 6.45) is 4.24. The molecular formula is C21H22N2O2. The number of ether oxygens (including phenoxy) is 1. The molecule has 1 N–H and O–H groups in total. The zero-order chi connectivity index (χ0) is 17.2. The molecule has 4 rings (SSSR count). The van der Waals surface area contributed by atoms with E-state index in [0.29, 0.717) is 13.0 Å². The van der Waals surface area contributed by atoms with Crippen LogP contribution in [0.15, 0.2) is 48.7 Å². The van der Waals surface area contributed by atoms with Crippen molar-refractivity contribution < 1.29 is 9.53 Å². The average molecular weight is 334 g/mol. The minimum atomic E-state index is 0.228. The molecule has 0 unspecified atom stereocenters. The molecule has 25 heavy (non-hydrogen) atoms. The Labute approximate surface area is 147 Å². The van der Waals surface area contributed by atoms with Crippen LogP contribution in [0.3, 0.4) is 0 Å². The van der Waals surface area contributed by atoms with E-state index in [2.05, 4.69) is 29.2 Å². The molecule has 1 aliphatic rings. The monoisotopic (exact) mass is 334 g/mol. The standard InChI is InChI=1S/C21H22N2O2/c1-25-18-8-6-17-14-23(11-10-15(17)12-18)21(24)9-7-16-13-22-20-5-3-2-4-19(16)20/h2-6,8,12-13,22H,7,9-11,14H2,1H3. The molecule has 2 heterocycles. The van der Waals surface area contributed by atoms with E-state index in [4.69, 9.17) is 4.74 Å². The Kier molecular flexibility index (Phi) is 4.18. The number of amides is 1. The van der Waals surface area contributed by atoms with Crippen molar-refractivity contribution in [2.75, 3.05) is 13.7 Å². The lowest BCUT2D eigenvalue weighted by Crippen LogP contribution is -2.36. The molecule has 3 aromatic rings. The molecule has 2 aromatic carbocycles. The van der Waals surface area contributed by atoms with Gasteiger partial charge >= 0.3 is 0 Å². The molecule has 0 fully saturated rings. The fourth-order valence-electron chi connectivity index (χ4n) is 3.61. The Morgan fingerprint density at radius 1 is 1.20 bits per heavy atom. The summed E-state index contributed by atoms with van der Waals surface area (Å²) in [5, 5.41) is 1.21. The predicted octanol–water partition coefficient (Wildman–Crippen LogP) is 3.69. The number of carbonyl (C=O) groups is 1. The predicted molar refractivity (Wildman–Crippen MR) is 98.7 cm³/mol. The van der Waals surface area contributed by atoms with Crippen LogP contribution in [0.1, 0.15) is 23.1 Å². The number of methoxy groups -OCH3 is 1. The van der Waals surface area contributed by atoms with Crippen LogP contribution in [0.4, 0.5) is 0 Å². The summed E-state index contributed by atoms with van der Waals surface area (Å²) in [5.74, 6) is 1.12. The number of H-pyrrole nitrogens is 1. The molecule has 4 nitrogen and oxygen atoms in total. The van der Waals surface area contributed by atoms with E-state index in [1.165, 1.54) is 22.1 Å². The van der Waals surface area contributed by atoms with Crippen molar-refractivity contribution in [1.29, 1.82) is 0 Å². The first kappa shape index (κ1) is 15.8. The van der Waals surface area contributed by atoms with Gasteiger partial charge in [-0.2, -0.15) is 0 Å². The molecule has 1 aromatic heterocycles. The average Bonchev–Trinajstić information content (AvgIpc) is 3.08. The molecule has 128 valence electrons. The third-order valence-corrected chi connectivity index (χ3v) is 5.06. The van der Waals surface area contributed by atoms with E-state index < -0.39 is 0 Å². The fourth-order valence-corrected chi connectivity index (χ4v) is 3.61. The maximum absolute atomic E-state index is 12.7. The molecule has 1 amide bonds. The van der Waals surface area contributed by atoms with E-state index in [-0.39, 0.29) is 5.91 Å². The Morgan fingerprint density at radius 3 is 2.96 bits per heavy atom. The smallest absolute Gasteiger partial charge is 0.223 e. The lowest BCUT2D eigenvalue weighted by molar-refractivity contribution is -0.132. The lowest BCUT2D eigenvalue weighted by Gasteiger charge is -2.29. The van der Waals surface area contributed by atoms with E-state index in [1.54, 1.807) is 7.11 Å². The highest BCUT2D eigenvalue weighted by atomic mass is 16.5. The highest BCUT2D eigenvalue weighted by Gasteiger charge is 2.21. The van der Waals surface area contributed by atoms with E-state index in [9.17, 15) is 4.79 Å².